The van der Waals surface area contributed by atoms with Crippen molar-refractivity contribution in [2.75, 3.05) is 65.4 Å². The topological polar surface area (TPSA) is 37.0 Å². The fraction of sp³-hybridized carbons (Fsp3) is 0.684. The third-order valence-corrected chi connectivity index (χ3v) is 5.74. The molecule has 6 nitrogen and oxygen atoms in total. The maximum Gasteiger partial charge on any atom is 0.0464 e. The van der Waals surface area contributed by atoms with Gasteiger partial charge in [0.05, 0.1) is 0 Å². The number of rotatable bonds is 3. The second kappa shape index (κ2) is 8.12. The van der Waals surface area contributed by atoms with Gasteiger partial charge in [-0.25, -0.2) is 20.0 Å². The van der Waals surface area contributed by atoms with E-state index in [1.54, 1.807) is 0 Å². The number of benzene rings is 1. The lowest BCUT2D eigenvalue weighted by Gasteiger charge is -2.48. The van der Waals surface area contributed by atoms with Crippen molar-refractivity contribution in [1.29, 1.82) is 0 Å². The lowest BCUT2D eigenvalue weighted by molar-refractivity contribution is -0.128. The first-order valence-corrected chi connectivity index (χ1v) is 9.81. The minimum Gasteiger partial charge on any atom is -0.312 e. The van der Waals surface area contributed by atoms with Gasteiger partial charge in [-0.15, -0.1) is 0 Å². The van der Waals surface area contributed by atoms with Crippen LogP contribution in [0.2, 0.25) is 0 Å². The summed E-state index contributed by atoms with van der Waals surface area (Å²) in [6.07, 6.45) is 0. The fourth-order valence-corrected chi connectivity index (χ4v) is 4.32. The lowest BCUT2D eigenvalue weighted by Crippen LogP contribution is -2.63. The van der Waals surface area contributed by atoms with Crippen LogP contribution < -0.4 is 10.6 Å². The van der Waals surface area contributed by atoms with E-state index < -0.39 is 0 Å². The molecule has 3 aliphatic heterocycles. The van der Waals surface area contributed by atoms with Crippen LogP contribution in [0.4, 0.5) is 0 Å². The van der Waals surface area contributed by atoms with Crippen molar-refractivity contribution in [2.45, 2.75) is 19.0 Å². The molecule has 2 atom stereocenters. The summed E-state index contributed by atoms with van der Waals surface area (Å²) in [5.74, 6) is 0. The summed E-state index contributed by atoms with van der Waals surface area (Å²) in [5, 5.41) is 17.5. The molecule has 0 aliphatic carbocycles. The van der Waals surface area contributed by atoms with Crippen LogP contribution in [0, 0.1) is 0 Å². The van der Waals surface area contributed by atoms with Crippen LogP contribution in [0.25, 0.3) is 0 Å². The Labute approximate surface area is 151 Å². The van der Waals surface area contributed by atoms with Crippen molar-refractivity contribution in [3.8, 4) is 0 Å². The molecule has 25 heavy (non-hydrogen) atoms. The molecule has 0 amide bonds. The minimum absolute atomic E-state index is 0.446. The summed E-state index contributed by atoms with van der Waals surface area (Å²) >= 11 is 0. The Bertz CT molecular complexity index is 530. The van der Waals surface area contributed by atoms with Gasteiger partial charge in [0.25, 0.3) is 0 Å². The zero-order chi connectivity index (χ0) is 17.1. The number of hydrogen-bond acceptors (Lipinski definition) is 6. The van der Waals surface area contributed by atoms with Crippen molar-refractivity contribution >= 4 is 0 Å². The van der Waals surface area contributed by atoms with Crippen LogP contribution in [0.15, 0.2) is 30.3 Å². The molecule has 2 unspecified atom stereocenters. The van der Waals surface area contributed by atoms with Gasteiger partial charge in [0.2, 0.25) is 0 Å². The standard InChI is InChI=1S/C19H32N6/c1-17-15-24(9-7-20-17)22-11-13-23(14-12-22)25-10-8-21-19(16-25)18-5-3-2-4-6-18/h2-6,17,19-21H,7-16H2,1H3. The van der Waals surface area contributed by atoms with Crippen LogP contribution in [0.1, 0.15) is 18.5 Å². The largest absolute Gasteiger partial charge is 0.312 e. The summed E-state index contributed by atoms with van der Waals surface area (Å²) in [7, 11) is 0. The highest BCUT2D eigenvalue weighted by molar-refractivity contribution is 5.19. The number of hydrogen-bond donors (Lipinski definition) is 2. The van der Waals surface area contributed by atoms with Crippen LogP contribution in [-0.4, -0.2) is 91.5 Å². The molecular weight excluding hydrogens is 312 g/mol. The first-order chi connectivity index (χ1) is 12.3. The Morgan fingerprint density at radius 3 is 1.96 bits per heavy atom. The molecule has 3 fully saturated rings. The molecule has 3 aliphatic rings. The summed E-state index contributed by atoms with van der Waals surface area (Å²) in [6.45, 7) is 13.5. The smallest absolute Gasteiger partial charge is 0.0464 e. The molecule has 6 heteroatoms. The molecule has 0 radical (unpaired) electrons. The normalized spacial score (nSPS) is 31.2. The van der Waals surface area contributed by atoms with Crippen molar-refractivity contribution in [2.24, 2.45) is 0 Å². The van der Waals surface area contributed by atoms with E-state index in [9.17, 15) is 0 Å². The van der Waals surface area contributed by atoms with Crippen molar-refractivity contribution in [1.82, 2.24) is 30.7 Å². The molecule has 0 aromatic heterocycles. The molecule has 1 aromatic carbocycles. The van der Waals surface area contributed by atoms with E-state index in [0.29, 0.717) is 12.1 Å². The Hall–Kier alpha value is -1.02. The van der Waals surface area contributed by atoms with E-state index in [1.807, 2.05) is 0 Å². The third kappa shape index (κ3) is 4.22. The van der Waals surface area contributed by atoms with Gasteiger partial charge < -0.3 is 10.6 Å². The Morgan fingerprint density at radius 1 is 0.720 bits per heavy atom. The molecule has 4 rings (SSSR count). The molecule has 138 valence electrons. The first kappa shape index (κ1) is 17.4. The average Bonchev–Trinajstić information content (AvgIpc) is 2.69. The van der Waals surface area contributed by atoms with E-state index in [4.69, 9.17) is 0 Å². The summed E-state index contributed by atoms with van der Waals surface area (Å²) in [6, 6.07) is 11.9. The van der Waals surface area contributed by atoms with Gasteiger partial charge in [-0.3, -0.25) is 0 Å². The van der Waals surface area contributed by atoms with E-state index >= 15 is 0 Å². The van der Waals surface area contributed by atoms with Gasteiger partial charge in [0.15, 0.2) is 0 Å². The minimum atomic E-state index is 0.446. The predicted octanol–water partition coefficient (Wildman–Crippen LogP) is 0.374. The van der Waals surface area contributed by atoms with E-state index in [2.05, 4.69) is 67.9 Å². The van der Waals surface area contributed by atoms with E-state index in [0.717, 1.165) is 65.4 Å². The van der Waals surface area contributed by atoms with Gasteiger partial charge in [-0.2, -0.15) is 0 Å². The third-order valence-electron chi connectivity index (χ3n) is 5.74. The summed E-state index contributed by atoms with van der Waals surface area (Å²) < 4.78 is 0. The highest BCUT2D eigenvalue weighted by atomic mass is 15.7. The van der Waals surface area contributed by atoms with Gasteiger partial charge in [0.1, 0.15) is 0 Å². The summed E-state index contributed by atoms with van der Waals surface area (Å²) in [5.41, 5.74) is 1.40. The highest BCUT2D eigenvalue weighted by Gasteiger charge is 2.30. The van der Waals surface area contributed by atoms with Crippen molar-refractivity contribution in [3.05, 3.63) is 35.9 Å². The molecule has 2 N–H and O–H groups in total. The second-order valence-corrected chi connectivity index (χ2v) is 7.51. The SMILES string of the molecule is CC1CN(N2CCN(N3CCNC(c4ccccc4)C3)CC2)CCN1. The van der Waals surface area contributed by atoms with Crippen LogP contribution in [0.5, 0.6) is 0 Å². The van der Waals surface area contributed by atoms with Gasteiger partial charge >= 0.3 is 0 Å². The molecule has 0 spiro atoms. The predicted molar refractivity (Wildman–Crippen MR) is 101 cm³/mol. The lowest BCUT2D eigenvalue weighted by atomic mass is 10.1. The zero-order valence-electron chi connectivity index (χ0n) is 15.4. The maximum atomic E-state index is 3.68. The van der Waals surface area contributed by atoms with Crippen LogP contribution in [0.3, 0.4) is 0 Å². The fourth-order valence-electron chi connectivity index (χ4n) is 4.32. The number of piperazine rings is 3. The van der Waals surface area contributed by atoms with Gasteiger partial charge in [-0.1, -0.05) is 30.3 Å². The van der Waals surface area contributed by atoms with Crippen LogP contribution >= 0.6 is 0 Å². The van der Waals surface area contributed by atoms with E-state index in [-0.39, 0.29) is 0 Å². The quantitative estimate of drug-likeness (QED) is 0.826. The first-order valence-electron chi connectivity index (χ1n) is 9.81. The Kier molecular flexibility index (Phi) is 5.65. The Morgan fingerprint density at radius 2 is 1.32 bits per heavy atom. The molecule has 3 saturated heterocycles. The number of nitrogens with zero attached hydrogens (tertiary/aromatic N) is 4. The van der Waals surface area contributed by atoms with Crippen LogP contribution in [-0.2, 0) is 0 Å². The second-order valence-electron chi connectivity index (χ2n) is 7.51. The van der Waals surface area contributed by atoms with Crippen molar-refractivity contribution < 1.29 is 0 Å². The summed E-state index contributed by atoms with van der Waals surface area (Å²) in [4.78, 5) is 0. The van der Waals surface area contributed by atoms with Gasteiger partial charge in [-0.05, 0) is 12.5 Å². The molecule has 3 heterocycles. The molecule has 0 saturated carbocycles. The molecular formula is C19H32N6. The molecule has 1 aromatic rings. The Balaban J connectivity index is 1.30. The maximum absolute atomic E-state index is 3.68. The number of nitrogens with one attached hydrogen (secondary N) is 2. The highest BCUT2D eigenvalue weighted by Crippen LogP contribution is 2.19. The monoisotopic (exact) mass is 344 g/mol. The van der Waals surface area contributed by atoms with Crippen molar-refractivity contribution in [3.63, 3.8) is 0 Å². The average molecular weight is 345 g/mol. The van der Waals surface area contributed by atoms with Gasteiger partial charge in [0, 0.05) is 77.5 Å². The molecule has 0 bridgehead atoms. The zero-order valence-corrected chi connectivity index (χ0v) is 15.4. The van der Waals surface area contributed by atoms with E-state index in [1.165, 1.54) is 5.56 Å². The number of hydrazine groups is 2.